The summed E-state index contributed by atoms with van der Waals surface area (Å²) in [6, 6.07) is 3.01. The second-order valence-electron chi connectivity index (χ2n) is 5.02. The minimum atomic E-state index is -1.01. The molecule has 0 spiro atoms. The van der Waals surface area contributed by atoms with Crippen molar-refractivity contribution >= 4 is 17.5 Å². The van der Waals surface area contributed by atoms with E-state index < -0.39 is 16.5 Å². The Balaban J connectivity index is 2.00. The third-order valence-electron chi connectivity index (χ3n) is 3.16. The van der Waals surface area contributed by atoms with E-state index in [9.17, 15) is 14.9 Å². The van der Waals surface area contributed by atoms with Crippen LogP contribution in [0.15, 0.2) is 12.1 Å². The van der Waals surface area contributed by atoms with Crippen LogP contribution in [0.4, 0.5) is 11.5 Å². The number of aromatic nitrogens is 1. The van der Waals surface area contributed by atoms with Crippen LogP contribution in [0.3, 0.4) is 0 Å². The highest BCUT2D eigenvalue weighted by Crippen LogP contribution is 2.30. The Morgan fingerprint density at radius 1 is 1.60 bits per heavy atom. The van der Waals surface area contributed by atoms with E-state index in [4.69, 9.17) is 9.84 Å². The fourth-order valence-corrected chi connectivity index (χ4v) is 2.16. The van der Waals surface area contributed by atoms with Gasteiger partial charge in [-0.25, -0.2) is 9.78 Å². The first kappa shape index (κ1) is 14.2. The van der Waals surface area contributed by atoms with E-state index in [0.29, 0.717) is 24.6 Å². The Labute approximate surface area is 115 Å². The highest BCUT2D eigenvalue weighted by molar-refractivity contribution is 5.68. The number of ether oxygens (including phenoxy) is 1. The van der Waals surface area contributed by atoms with Gasteiger partial charge in [0.1, 0.15) is 23.7 Å². The molecule has 0 bridgehead atoms. The molecule has 1 aliphatic rings. The summed E-state index contributed by atoms with van der Waals surface area (Å²) in [5, 5.41) is 19.3. The Morgan fingerprint density at radius 3 is 2.75 bits per heavy atom. The number of aliphatic carboxylic acids is 1. The summed E-state index contributed by atoms with van der Waals surface area (Å²) in [6.45, 7) is 4.08. The van der Waals surface area contributed by atoms with Crippen LogP contribution >= 0.6 is 0 Å². The fourth-order valence-electron chi connectivity index (χ4n) is 2.16. The molecule has 0 radical (unpaired) electrons. The summed E-state index contributed by atoms with van der Waals surface area (Å²) in [4.78, 5) is 26.8. The van der Waals surface area contributed by atoms with Crippen molar-refractivity contribution in [1.29, 1.82) is 0 Å². The Hall–Kier alpha value is -2.22. The Morgan fingerprint density at radius 2 is 2.25 bits per heavy atom. The number of carboxylic acids is 1. The van der Waals surface area contributed by atoms with Crippen LogP contribution in [0, 0.1) is 17.0 Å². The van der Waals surface area contributed by atoms with Gasteiger partial charge in [0.05, 0.1) is 4.92 Å². The van der Waals surface area contributed by atoms with Gasteiger partial charge in [0.2, 0.25) is 0 Å². The number of hydrogen-bond acceptors (Lipinski definition) is 6. The molecule has 8 heteroatoms. The average molecular weight is 281 g/mol. The predicted molar refractivity (Wildman–Crippen MR) is 69.8 cm³/mol. The molecule has 0 saturated carbocycles. The highest BCUT2D eigenvalue weighted by Gasteiger charge is 2.41. The van der Waals surface area contributed by atoms with E-state index in [1.54, 1.807) is 13.0 Å². The second kappa shape index (κ2) is 5.04. The largest absolute Gasteiger partial charge is 0.480 e. The summed E-state index contributed by atoms with van der Waals surface area (Å²) in [5.74, 6) is -0.376. The summed E-state index contributed by atoms with van der Waals surface area (Å²) in [6.07, 6.45) is 0. The maximum absolute atomic E-state index is 10.7. The minimum Gasteiger partial charge on any atom is -0.480 e. The Bertz CT molecular complexity index is 554. The molecule has 1 N–H and O–H groups in total. The van der Waals surface area contributed by atoms with Crippen molar-refractivity contribution in [2.45, 2.75) is 19.4 Å². The summed E-state index contributed by atoms with van der Waals surface area (Å²) >= 11 is 0. The van der Waals surface area contributed by atoms with Gasteiger partial charge in [-0.2, -0.15) is 0 Å². The van der Waals surface area contributed by atoms with Crippen LogP contribution in [0.25, 0.3) is 0 Å². The number of pyridine rings is 1. The van der Waals surface area contributed by atoms with Crippen molar-refractivity contribution in [3.8, 4) is 0 Å². The average Bonchev–Trinajstić information content (AvgIpc) is 2.32. The summed E-state index contributed by atoms with van der Waals surface area (Å²) in [7, 11) is 0. The molecule has 1 aromatic heterocycles. The molecule has 2 heterocycles. The number of rotatable bonds is 5. The highest BCUT2D eigenvalue weighted by atomic mass is 16.6. The van der Waals surface area contributed by atoms with Crippen LogP contribution in [0.5, 0.6) is 0 Å². The number of hydrogen-bond donors (Lipinski definition) is 1. The number of anilines is 1. The van der Waals surface area contributed by atoms with Crippen molar-refractivity contribution in [2.75, 3.05) is 24.6 Å². The van der Waals surface area contributed by atoms with Gasteiger partial charge in [0.25, 0.3) is 5.69 Å². The van der Waals surface area contributed by atoms with Gasteiger partial charge < -0.3 is 14.7 Å². The quantitative estimate of drug-likeness (QED) is 0.633. The standard InChI is InChI=1S/C12H15N3O5/c1-8-9(15(18)19)3-4-10(13-8)14-6-12(2,7-14)20-5-11(16)17/h3-4H,5-7H2,1-2H3,(H,16,17). The number of nitro groups is 1. The lowest BCUT2D eigenvalue weighted by atomic mass is 9.96. The smallest absolute Gasteiger partial charge is 0.329 e. The minimum absolute atomic E-state index is 0.0147. The molecule has 2 rings (SSSR count). The Kier molecular flexibility index (Phi) is 3.58. The maximum Gasteiger partial charge on any atom is 0.329 e. The number of nitrogens with zero attached hydrogens (tertiary/aromatic N) is 3. The van der Waals surface area contributed by atoms with Crippen molar-refractivity contribution in [1.82, 2.24) is 4.98 Å². The summed E-state index contributed by atoms with van der Waals surface area (Å²) in [5.41, 5.74) is -0.179. The van der Waals surface area contributed by atoms with E-state index in [1.807, 2.05) is 11.8 Å². The van der Waals surface area contributed by atoms with Gasteiger partial charge in [-0.05, 0) is 19.9 Å². The molecule has 8 nitrogen and oxygen atoms in total. The molecular weight excluding hydrogens is 266 g/mol. The van der Waals surface area contributed by atoms with Crippen molar-refractivity contribution in [3.63, 3.8) is 0 Å². The molecule has 0 aliphatic carbocycles. The SMILES string of the molecule is Cc1nc(N2CC(C)(OCC(=O)O)C2)ccc1[N+](=O)[O-]. The lowest BCUT2D eigenvalue weighted by Gasteiger charge is -2.47. The molecule has 1 fully saturated rings. The molecule has 108 valence electrons. The molecule has 1 aliphatic heterocycles. The topological polar surface area (TPSA) is 106 Å². The van der Waals surface area contributed by atoms with Crippen molar-refractivity contribution < 1.29 is 19.6 Å². The molecule has 1 saturated heterocycles. The zero-order chi connectivity index (χ0) is 14.9. The van der Waals surface area contributed by atoms with Gasteiger partial charge in [0, 0.05) is 19.2 Å². The fraction of sp³-hybridized carbons (Fsp3) is 0.500. The van der Waals surface area contributed by atoms with Crippen molar-refractivity contribution in [3.05, 3.63) is 27.9 Å². The molecule has 0 atom stereocenters. The van der Waals surface area contributed by atoms with Gasteiger partial charge in [-0.3, -0.25) is 10.1 Å². The van der Waals surface area contributed by atoms with Crippen LogP contribution in [0.2, 0.25) is 0 Å². The predicted octanol–water partition coefficient (Wildman–Crippen LogP) is 0.978. The second-order valence-corrected chi connectivity index (χ2v) is 5.02. The third-order valence-corrected chi connectivity index (χ3v) is 3.16. The van der Waals surface area contributed by atoms with E-state index in [0.717, 1.165) is 0 Å². The molecule has 0 amide bonds. The molecular formula is C12H15N3O5. The number of carboxylic acid groups (broad SMARTS) is 1. The normalized spacial score (nSPS) is 16.6. The maximum atomic E-state index is 10.7. The van der Waals surface area contributed by atoms with E-state index in [2.05, 4.69) is 4.98 Å². The number of carbonyl (C=O) groups is 1. The van der Waals surface area contributed by atoms with E-state index in [-0.39, 0.29) is 12.3 Å². The van der Waals surface area contributed by atoms with Gasteiger partial charge in [0.15, 0.2) is 0 Å². The first-order valence-corrected chi connectivity index (χ1v) is 6.03. The van der Waals surface area contributed by atoms with Crippen LogP contribution in [0.1, 0.15) is 12.6 Å². The lowest BCUT2D eigenvalue weighted by molar-refractivity contribution is -0.385. The monoisotopic (exact) mass is 281 g/mol. The van der Waals surface area contributed by atoms with Gasteiger partial charge in [-0.1, -0.05) is 0 Å². The van der Waals surface area contributed by atoms with E-state index >= 15 is 0 Å². The number of aryl methyl sites for hydroxylation is 1. The molecule has 0 aromatic carbocycles. The van der Waals surface area contributed by atoms with Crippen molar-refractivity contribution in [2.24, 2.45) is 0 Å². The zero-order valence-corrected chi connectivity index (χ0v) is 11.2. The first-order valence-electron chi connectivity index (χ1n) is 6.03. The molecule has 20 heavy (non-hydrogen) atoms. The molecule has 1 aromatic rings. The zero-order valence-electron chi connectivity index (χ0n) is 11.2. The third kappa shape index (κ3) is 2.85. The van der Waals surface area contributed by atoms with Gasteiger partial charge in [-0.15, -0.1) is 0 Å². The first-order chi connectivity index (χ1) is 9.31. The summed E-state index contributed by atoms with van der Waals surface area (Å²) < 4.78 is 5.29. The molecule has 0 unspecified atom stereocenters. The van der Waals surface area contributed by atoms with Crippen LogP contribution in [-0.2, 0) is 9.53 Å². The van der Waals surface area contributed by atoms with Crippen LogP contribution in [-0.4, -0.2) is 46.3 Å². The lowest BCUT2D eigenvalue weighted by Crippen LogP contribution is -2.62. The van der Waals surface area contributed by atoms with E-state index in [1.165, 1.54) is 6.07 Å². The van der Waals surface area contributed by atoms with Crippen LogP contribution < -0.4 is 4.90 Å². The van der Waals surface area contributed by atoms with Gasteiger partial charge >= 0.3 is 5.97 Å².